The normalized spacial score (nSPS) is 12.3. The number of phenolic OH excluding ortho intramolecular Hbond substituents is 1. The summed E-state index contributed by atoms with van der Waals surface area (Å²) in [5, 5.41) is 17.6. The van der Waals surface area contributed by atoms with Crippen LogP contribution in [0.1, 0.15) is 42.2 Å². The molecule has 0 unspecified atom stereocenters. The molecule has 188 valence electrons. The standard InChI is InChI=1S/C24H21Cl2N3O6S/c1-35-23(34)24(26,27)12-29-22(33)17-11-36-10-16(17)20(31)19-15(6-3-7-18(19)25)21(32)28-9-13-4-2-5-14(30)8-13/h2-8,10-11,30H,9,12,27H2,1H3,(H,28,32)(H,29,33)/t24-/m0/s1. The summed E-state index contributed by atoms with van der Waals surface area (Å²) in [5.41, 5.74) is 6.22. The summed E-state index contributed by atoms with van der Waals surface area (Å²) in [4.78, 5) is 48.8. The van der Waals surface area contributed by atoms with Crippen LogP contribution in [0, 0.1) is 0 Å². The van der Waals surface area contributed by atoms with Crippen molar-refractivity contribution in [2.45, 2.75) is 11.5 Å². The zero-order valence-corrected chi connectivity index (χ0v) is 21.2. The highest BCUT2D eigenvalue weighted by Crippen LogP contribution is 2.27. The second kappa shape index (κ2) is 11.5. The molecule has 3 rings (SSSR count). The van der Waals surface area contributed by atoms with Gasteiger partial charge < -0.3 is 26.2 Å². The molecule has 2 amide bonds. The van der Waals surface area contributed by atoms with Crippen LogP contribution in [0.4, 0.5) is 0 Å². The van der Waals surface area contributed by atoms with E-state index in [1.54, 1.807) is 12.1 Å². The second-order valence-electron chi connectivity index (χ2n) is 7.58. The maximum absolute atomic E-state index is 13.5. The summed E-state index contributed by atoms with van der Waals surface area (Å²) >= 11 is 13.3. The van der Waals surface area contributed by atoms with Gasteiger partial charge in [0.15, 0.2) is 5.78 Å². The van der Waals surface area contributed by atoms with Crippen LogP contribution in [-0.4, -0.2) is 47.3 Å². The van der Waals surface area contributed by atoms with E-state index in [0.29, 0.717) is 5.56 Å². The Balaban J connectivity index is 1.83. The molecule has 1 aromatic heterocycles. The van der Waals surface area contributed by atoms with Crippen molar-refractivity contribution in [2.24, 2.45) is 5.73 Å². The van der Waals surface area contributed by atoms with Gasteiger partial charge in [0.25, 0.3) is 11.8 Å². The van der Waals surface area contributed by atoms with Gasteiger partial charge in [0, 0.05) is 22.9 Å². The predicted octanol–water partition coefficient (Wildman–Crippen LogP) is 3.06. The molecule has 12 heteroatoms. The second-order valence-corrected chi connectivity index (χ2v) is 9.41. The smallest absolute Gasteiger partial charge is 0.343 e. The zero-order chi connectivity index (χ0) is 26.5. The van der Waals surface area contributed by atoms with E-state index in [0.717, 1.165) is 18.4 Å². The van der Waals surface area contributed by atoms with Crippen LogP contribution in [-0.2, 0) is 16.1 Å². The molecule has 0 bridgehead atoms. The van der Waals surface area contributed by atoms with Crippen molar-refractivity contribution in [1.29, 1.82) is 0 Å². The van der Waals surface area contributed by atoms with E-state index >= 15 is 0 Å². The highest BCUT2D eigenvalue weighted by molar-refractivity contribution is 7.08. The fourth-order valence-corrected chi connectivity index (χ4v) is 4.43. The van der Waals surface area contributed by atoms with Crippen LogP contribution >= 0.6 is 34.5 Å². The van der Waals surface area contributed by atoms with Gasteiger partial charge in [0.2, 0.25) is 5.00 Å². The number of carbonyl (C=O) groups excluding carboxylic acids is 4. The number of methoxy groups -OCH3 is 1. The van der Waals surface area contributed by atoms with Crippen molar-refractivity contribution >= 4 is 58.1 Å². The van der Waals surface area contributed by atoms with E-state index in [2.05, 4.69) is 15.4 Å². The number of nitrogens with two attached hydrogens (primary N) is 1. The highest BCUT2D eigenvalue weighted by atomic mass is 35.5. The van der Waals surface area contributed by atoms with Crippen molar-refractivity contribution in [3.63, 3.8) is 0 Å². The first kappa shape index (κ1) is 27.2. The molecule has 0 radical (unpaired) electrons. The van der Waals surface area contributed by atoms with E-state index in [4.69, 9.17) is 28.9 Å². The lowest BCUT2D eigenvalue weighted by atomic mass is 9.96. The monoisotopic (exact) mass is 549 g/mol. The Labute approximate surface area is 220 Å². The van der Waals surface area contributed by atoms with Gasteiger partial charge in [-0.3, -0.25) is 14.4 Å². The number of rotatable bonds is 9. The van der Waals surface area contributed by atoms with Crippen molar-refractivity contribution in [1.82, 2.24) is 10.6 Å². The van der Waals surface area contributed by atoms with Crippen molar-refractivity contribution in [3.8, 4) is 5.75 Å². The summed E-state index contributed by atoms with van der Waals surface area (Å²) in [5.74, 6) is -2.81. The molecule has 2 aromatic carbocycles. The highest BCUT2D eigenvalue weighted by Gasteiger charge is 2.34. The van der Waals surface area contributed by atoms with Gasteiger partial charge in [-0.05, 0) is 29.8 Å². The number of alkyl halides is 1. The maximum Gasteiger partial charge on any atom is 0.343 e. The molecule has 3 aromatic rings. The number of esters is 1. The molecule has 0 saturated heterocycles. The first-order valence-corrected chi connectivity index (χ1v) is 12.0. The lowest BCUT2D eigenvalue weighted by molar-refractivity contribution is -0.143. The number of hydrogen-bond acceptors (Lipinski definition) is 8. The average Bonchev–Trinajstić information content (AvgIpc) is 3.35. The largest absolute Gasteiger partial charge is 0.508 e. The first-order valence-electron chi connectivity index (χ1n) is 10.3. The van der Waals surface area contributed by atoms with Crippen molar-refractivity contribution in [3.05, 3.63) is 86.1 Å². The Hall–Kier alpha value is -3.44. The molecule has 0 spiro atoms. The summed E-state index contributed by atoms with van der Waals surface area (Å²) < 4.78 is 4.50. The number of hydrogen-bond donors (Lipinski definition) is 4. The first-order chi connectivity index (χ1) is 17.0. The Bertz CT molecular complexity index is 1320. The van der Waals surface area contributed by atoms with Gasteiger partial charge >= 0.3 is 5.97 Å². The molecule has 5 N–H and O–H groups in total. The number of aromatic hydroxyl groups is 1. The molecular formula is C24H21Cl2N3O6S. The molecular weight excluding hydrogens is 529 g/mol. The zero-order valence-electron chi connectivity index (χ0n) is 18.8. The Morgan fingerprint density at radius 2 is 1.69 bits per heavy atom. The lowest BCUT2D eigenvalue weighted by Crippen LogP contribution is -2.52. The number of halogens is 2. The van der Waals surface area contributed by atoms with Crippen LogP contribution < -0.4 is 16.4 Å². The molecule has 1 heterocycles. The molecule has 36 heavy (non-hydrogen) atoms. The third-order valence-corrected chi connectivity index (χ3v) is 6.38. The van der Waals surface area contributed by atoms with E-state index in [1.807, 2.05) is 0 Å². The molecule has 9 nitrogen and oxygen atoms in total. The summed E-state index contributed by atoms with van der Waals surface area (Å²) in [6.45, 7) is -0.364. The number of benzene rings is 2. The molecule has 0 aliphatic rings. The van der Waals surface area contributed by atoms with E-state index < -0.39 is 35.1 Å². The molecule has 0 fully saturated rings. The maximum atomic E-state index is 13.5. The number of amides is 2. The van der Waals surface area contributed by atoms with E-state index in [1.165, 1.54) is 41.1 Å². The van der Waals surface area contributed by atoms with Crippen LogP contribution in [0.3, 0.4) is 0 Å². The third-order valence-electron chi connectivity index (χ3n) is 5.03. The number of thiophene rings is 1. The quantitative estimate of drug-likeness (QED) is 0.139. The topological polar surface area (TPSA) is 148 Å². The summed E-state index contributed by atoms with van der Waals surface area (Å²) in [6, 6.07) is 10.8. The van der Waals surface area contributed by atoms with E-state index in [9.17, 15) is 24.3 Å². The molecule has 0 aliphatic heterocycles. The SMILES string of the molecule is COC(=O)[C@](N)(Cl)CNC(=O)c1cscc1C(=O)c1c(Cl)cccc1C(=O)NCc1cccc(O)c1. The lowest BCUT2D eigenvalue weighted by Gasteiger charge is -2.19. The minimum absolute atomic E-state index is 0.00268. The minimum Gasteiger partial charge on any atom is -0.508 e. The third kappa shape index (κ3) is 6.21. The number of ether oxygens (including phenoxy) is 1. The van der Waals surface area contributed by atoms with E-state index in [-0.39, 0.29) is 39.6 Å². The molecule has 0 aliphatic carbocycles. The van der Waals surface area contributed by atoms with Gasteiger partial charge in [-0.2, -0.15) is 11.3 Å². The van der Waals surface area contributed by atoms with Crippen LogP contribution in [0.25, 0.3) is 0 Å². The molecule has 0 saturated carbocycles. The minimum atomic E-state index is -1.99. The average molecular weight is 550 g/mol. The van der Waals surface area contributed by atoms with Crippen LogP contribution in [0.5, 0.6) is 5.75 Å². The number of carbonyl (C=O) groups is 4. The van der Waals surface area contributed by atoms with Crippen LogP contribution in [0.2, 0.25) is 5.02 Å². The molecule has 1 atom stereocenters. The fourth-order valence-electron chi connectivity index (χ4n) is 3.22. The van der Waals surface area contributed by atoms with Crippen LogP contribution in [0.15, 0.2) is 53.2 Å². The van der Waals surface area contributed by atoms with Gasteiger partial charge in [0.1, 0.15) is 5.75 Å². The van der Waals surface area contributed by atoms with Gasteiger partial charge in [-0.25, -0.2) is 4.79 Å². The van der Waals surface area contributed by atoms with Gasteiger partial charge in [-0.1, -0.05) is 41.4 Å². The Morgan fingerprint density at radius 1 is 1.03 bits per heavy atom. The fraction of sp³-hybridized carbons (Fsp3) is 0.167. The predicted molar refractivity (Wildman–Crippen MR) is 136 cm³/mol. The van der Waals surface area contributed by atoms with Crippen molar-refractivity contribution in [2.75, 3.05) is 13.7 Å². The number of phenols is 1. The number of ketones is 1. The van der Waals surface area contributed by atoms with Gasteiger partial charge in [-0.15, -0.1) is 0 Å². The summed E-state index contributed by atoms with van der Waals surface area (Å²) in [7, 11) is 1.10. The summed E-state index contributed by atoms with van der Waals surface area (Å²) in [6.07, 6.45) is 0. The van der Waals surface area contributed by atoms with Crippen molar-refractivity contribution < 1.29 is 29.0 Å². The Morgan fingerprint density at radius 3 is 2.39 bits per heavy atom. The number of nitrogens with one attached hydrogen (secondary N) is 2. The van der Waals surface area contributed by atoms with Gasteiger partial charge in [0.05, 0.1) is 35.4 Å². The Kier molecular flexibility index (Phi) is 8.70.